The third kappa shape index (κ3) is 5.20. The maximum Gasteiger partial charge on any atom is 0.270 e. The minimum absolute atomic E-state index is 0.108. The molecule has 1 aromatic heterocycles. The summed E-state index contributed by atoms with van der Waals surface area (Å²) in [5.41, 5.74) is 4.49. The lowest BCUT2D eigenvalue weighted by Gasteiger charge is -2.12. The Hall–Kier alpha value is -2.40. The second kappa shape index (κ2) is 8.76. The molecule has 2 aromatic rings. The van der Waals surface area contributed by atoms with Gasteiger partial charge in [-0.3, -0.25) is 4.79 Å². The summed E-state index contributed by atoms with van der Waals surface area (Å²) in [5.74, 6) is 2.31. The van der Waals surface area contributed by atoms with E-state index >= 15 is 0 Å². The lowest BCUT2D eigenvalue weighted by atomic mass is 10.1. The Morgan fingerprint density at radius 1 is 1.03 bits per heavy atom. The minimum Gasteiger partial charge on any atom is -0.492 e. The topological polar surface area (TPSA) is 63.2 Å². The number of ether oxygens (including phenoxy) is 1. The van der Waals surface area contributed by atoms with Crippen molar-refractivity contribution in [2.45, 2.75) is 57.5 Å². The van der Waals surface area contributed by atoms with Gasteiger partial charge in [-0.25, -0.2) is 4.98 Å². The van der Waals surface area contributed by atoms with Crippen LogP contribution in [0.25, 0.3) is 0 Å². The van der Waals surface area contributed by atoms with Crippen LogP contribution < -0.4 is 15.4 Å². The molecule has 5 rings (SSSR count). The molecule has 30 heavy (non-hydrogen) atoms. The summed E-state index contributed by atoms with van der Waals surface area (Å²) in [5, 5.41) is 6.72. The molecule has 3 aliphatic rings. The third-order valence-corrected chi connectivity index (χ3v) is 6.45. The van der Waals surface area contributed by atoms with Gasteiger partial charge in [-0.05, 0) is 79.3 Å². The van der Waals surface area contributed by atoms with Gasteiger partial charge in [0.1, 0.15) is 11.4 Å². The molecule has 158 valence electrons. The van der Waals surface area contributed by atoms with Crippen molar-refractivity contribution in [3.05, 3.63) is 58.9 Å². The first-order valence-electron chi connectivity index (χ1n) is 11.4. The fraction of sp³-hybridized carbons (Fsp3) is 0.520. The molecule has 1 heterocycles. The first-order chi connectivity index (χ1) is 14.7. The quantitative estimate of drug-likeness (QED) is 0.592. The Morgan fingerprint density at radius 2 is 1.87 bits per heavy atom. The Balaban J connectivity index is 1.10. The zero-order valence-electron chi connectivity index (χ0n) is 17.5. The van der Waals surface area contributed by atoms with E-state index in [9.17, 15) is 4.79 Å². The smallest absolute Gasteiger partial charge is 0.270 e. The molecular formula is C25H31N3O2. The van der Waals surface area contributed by atoms with Gasteiger partial charge in [0.05, 0.1) is 12.8 Å². The molecule has 2 fully saturated rings. The van der Waals surface area contributed by atoms with Crippen LogP contribution in [0.5, 0.6) is 5.75 Å². The number of rotatable bonds is 10. The third-order valence-electron chi connectivity index (χ3n) is 6.45. The zero-order chi connectivity index (χ0) is 20.3. The van der Waals surface area contributed by atoms with Gasteiger partial charge in [-0.15, -0.1) is 0 Å². The van der Waals surface area contributed by atoms with Crippen LogP contribution in [0.1, 0.15) is 59.3 Å². The molecule has 2 saturated carbocycles. The Kier molecular flexibility index (Phi) is 5.71. The highest BCUT2D eigenvalue weighted by Crippen LogP contribution is 2.32. The molecule has 0 spiro atoms. The Morgan fingerprint density at radius 3 is 2.63 bits per heavy atom. The van der Waals surface area contributed by atoms with Crippen molar-refractivity contribution < 1.29 is 9.53 Å². The van der Waals surface area contributed by atoms with Gasteiger partial charge in [0, 0.05) is 12.6 Å². The predicted molar refractivity (Wildman–Crippen MR) is 117 cm³/mol. The number of nitrogens with one attached hydrogen (secondary N) is 2. The number of aromatic nitrogens is 1. The van der Waals surface area contributed by atoms with E-state index in [1.165, 1.54) is 48.8 Å². The second-order valence-electron chi connectivity index (χ2n) is 9.22. The monoisotopic (exact) mass is 405 g/mol. The van der Waals surface area contributed by atoms with Crippen LogP contribution in [0.3, 0.4) is 0 Å². The lowest BCUT2D eigenvalue weighted by molar-refractivity contribution is 0.0933. The van der Waals surface area contributed by atoms with Gasteiger partial charge in [-0.1, -0.05) is 31.0 Å². The van der Waals surface area contributed by atoms with Gasteiger partial charge in [0.25, 0.3) is 5.91 Å². The average molecular weight is 406 g/mol. The fourth-order valence-electron chi connectivity index (χ4n) is 4.19. The summed E-state index contributed by atoms with van der Waals surface area (Å²) in [4.78, 5) is 16.9. The Labute approximate surface area is 178 Å². The van der Waals surface area contributed by atoms with E-state index in [1.54, 1.807) is 12.3 Å². The number of hydrogen-bond donors (Lipinski definition) is 2. The summed E-state index contributed by atoms with van der Waals surface area (Å²) in [6.45, 7) is 2.79. The predicted octanol–water partition coefficient (Wildman–Crippen LogP) is 3.66. The van der Waals surface area contributed by atoms with Crippen LogP contribution in [0.2, 0.25) is 0 Å². The van der Waals surface area contributed by atoms with Crippen molar-refractivity contribution >= 4 is 5.91 Å². The number of carbonyl (C=O) groups excluding carboxylic acids is 1. The van der Waals surface area contributed by atoms with Gasteiger partial charge < -0.3 is 15.4 Å². The number of amides is 1. The molecule has 1 amide bonds. The van der Waals surface area contributed by atoms with E-state index < -0.39 is 0 Å². The molecule has 0 radical (unpaired) electrons. The average Bonchev–Trinajstić information content (AvgIpc) is 3.68. The van der Waals surface area contributed by atoms with Gasteiger partial charge in [0.15, 0.2) is 0 Å². The normalized spacial score (nSPS) is 20.1. The first kappa shape index (κ1) is 19.6. The number of pyridine rings is 1. The number of fused-ring (bicyclic) bond motifs is 1. The molecule has 5 heteroatoms. The van der Waals surface area contributed by atoms with Crippen molar-refractivity contribution in [2.75, 3.05) is 13.2 Å². The van der Waals surface area contributed by atoms with Crippen LogP contribution in [-0.2, 0) is 19.4 Å². The van der Waals surface area contributed by atoms with Gasteiger partial charge >= 0.3 is 0 Å². The van der Waals surface area contributed by atoms with Crippen molar-refractivity contribution in [3.63, 3.8) is 0 Å². The first-order valence-corrected chi connectivity index (χ1v) is 11.4. The van der Waals surface area contributed by atoms with Crippen molar-refractivity contribution in [3.8, 4) is 5.75 Å². The Bertz CT molecular complexity index is 888. The summed E-state index contributed by atoms with van der Waals surface area (Å²) < 4.78 is 5.70. The molecule has 0 bridgehead atoms. The second-order valence-corrected chi connectivity index (χ2v) is 9.22. The molecule has 0 aliphatic heterocycles. The van der Waals surface area contributed by atoms with Crippen LogP contribution in [0.15, 0.2) is 36.5 Å². The molecular weight excluding hydrogens is 374 g/mol. The standard InChI is InChI=1S/C25H31N3O2/c29-25(24-8-7-23(15-27-24)30-16-18-3-4-18)28-22-12-20-6-5-19(11-21(20)13-22)14-26-10-9-17-1-2-17/h5-8,11,15,17-18,22,26H,1-4,9-10,12-14,16H2,(H,28,29). The van der Waals surface area contributed by atoms with Crippen molar-refractivity contribution in [2.24, 2.45) is 11.8 Å². The van der Waals surface area contributed by atoms with Crippen LogP contribution in [0.4, 0.5) is 0 Å². The van der Waals surface area contributed by atoms with E-state index in [0.29, 0.717) is 11.6 Å². The minimum atomic E-state index is -0.108. The van der Waals surface area contributed by atoms with Crippen LogP contribution in [0, 0.1) is 11.8 Å². The highest BCUT2D eigenvalue weighted by molar-refractivity contribution is 5.92. The maximum absolute atomic E-state index is 12.6. The molecule has 1 atom stereocenters. The summed E-state index contributed by atoms with van der Waals surface area (Å²) >= 11 is 0. The summed E-state index contributed by atoms with van der Waals surface area (Å²) in [6, 6.07) is 10.5. The number of hydrogen-bond acceptors (Lipinski definition) is 4. The number of nitrogens with zero attached hydrogens (tertiary/aromatic N) is 1. The summed E-state index contributed by atoms with van der Waals surface area (Å²) in [6.07, 6.45) is 10.1. The fourth-order valence-corrected chi connectivity index (χ4v) is 4.19. The maximum atomic E-state index is 12.6. The van der Waals surface area contributed by atoms with E-state index in [2.05, 4.69) is 33.8 Å². The van der Waals surface area contributed by atoms with E-state index in [0.717, 1.165) is 44.2 Å². The van der Waals surface area contributed by atoms with Crippen LogP contribution >= 0.6 is 0 Å². The molecule has 0 saturated heterocycles. The van der Waals surface area contributed by atoms with Gasteiger partial charge in [0.2, 0.25) is 0 Å². The van der Waals surface area contributed by atoms with E-state index in [-0.39, 0.29) is 11.9 Å². The summed E-state index contributed by atoms with van der Waals surface area (Å²) in [7, 11) is 0. The highest BCUT2D eigenvalue weighted by Gasteiger charge is 2.25. The lowest BCUT2D eigenvalue weighted by Crippen LogP contribution is -2.35. The molecule has 1 aromatic carbocycles. The SMILES string of the molecule is O=C(NC1Cc2ccc(CNCCC3CC3)cc2C1)c1ccc(OCC2CC2)cn1. The largest absolute Gasteiger partial charge is 0.492 e. The number of benzene rings is 1. The molecule has 5 nitrogen and oxygen atoms in total. The van der Waals surface area contributed by atoms with Crippen molar-refractivity contribution in [1.29, 1.82) is 0 Å². The molecule has 1 unspecified atom stereocenters. The van der Waals surface area contributed by atoms with E-state index in [1.807, 2.05) is 6.07 Å². The van der Waals surface area contributed by atoms with Gasteiger partial charge in [-0.2, -0.15) is 0 Å². The van der Waals surface area contributed by atoms with Crippen molar-refractivity contribution in [1.82, 2.24) is 15.6 Å². The number of carbonyl (C=O) groups is 1. The molecule has 2 N–H and O–H groups in total. The highest BCUT2D eigenvalue weighted by atomic mass is 16.5. The van der Waals surface area contributed by atoms with Crippen LogP contribution in [-0.4, -0.2) is 30.1 Å². The molecule has 3 aliphatic carbocycles. The zero-order valence-corrected chi connectivity index (χ0v) is 17.5. The van der Waals surface area contributed by atoms with E-state index in [4.69, 9.17) is 4.74 Å².